The predicted molar refractivity (Wildman–Crippen MR) is 84.6 cm³/mol. The molecule has 0 aliphatic carbocycles. The van der Waals surface area contributed by atoms with Crippen LogP contribution in [-0.4, -0.2) is 23.3 Å². The molecule has 0 fully saturated rings. The largest absolute Gasteiger partial charge is 0.504 e. The van der Waals surface area contributed by atoms with Crippen molar-refractivity contribution < 1.29 is 19.7 Å². The van der Waals surface area contributed by atoms with Crippen LogP contribution in [0.2, 0.25) is 5.02 Å². The average molecular weight is 322 g/mol. The summed E-state index contributed by atoms with van der Waals surface area (Å²) in [6, 6.07) is 9.61. The van der Waals surface area contributed by atoms with Gasteiger partial charge in [0, 0.05) is 22.3 Å². The lowest BCUT2D eigenvalue weighted by atomic mass is 9.91. The molecule has 0 aliphatic heterocycles. The van der Waals surface area contributed by atoms with Crippen LogP contribution in [0.15, 0.2) is 36.4 Å². The zero-order chi connectivity index (χ0) is 16.3. The van der Waals surface area contributed by atoms with Crippen LogP contribution < -0.4 is 10.5 Å². The van der Waals surface area contributed by atoms with Crippen molar-refractivity contribution in [2.24, 2.45) is 0 Å². The number of carbonyl (C=O) groups is 1. The topological polar surface area (TPSA) is 92.8 Å². The molecule has 22 heavy (non-hydrogen) atoms. The van der Waals surface area contributed by atoms with Crippen LogP contribution in [0.25, 0.3) is 0 Å². The maximum absolute atomic E-state index is 11.6. The van der Waals surface area contributed by atoms with Gasteiger partial charge in [-0.1, -0.05) is 23.7 Å². The Morgan fingerprint density at radius 3 is 2.50 bits per heavy atom. The van der Waals surface area contributed by atoms with Gasteiger partial charge in [-0.25, -0.2) is 0 Å². The number of rotatable bonds is 5. The molecule has 0 saturated carbocycles. The normalized spacial score (nSPS) is 11.9. The number of phenolic OH excluding ortho intramolecular Hbond substituents is 1. The molecule has 6 heteroatoms. The third-order valence-corrected chi connectivity index (χ3v) is 3.62. The van der Waals surface area contributed by atoms with Crippen LogP contribution in [0, 0.1) is 0 Å². The molecule has 0 saturated heterocycles. The molecule has 0 bridgehead atoms. The third-order valence-electron chi connectivity index (χ3n) is 3.40. The monoisotopic (exact) mass is 321 g/mol. The summed E-state index contributed by atoms with van der Waals surface area (Å²) >= 11 is 5.98. The Hall–Kier alpha value is -2.40. The summed E-state index contributed by atoms with van der Waals surface area (Å²) in [5, 5.41) is 20.0. The highest BCUT2D eigenvalue weighted by Gasteiger charge is 2.23. The maximum Gasteiger partial charge on any atom is 0.311 e. The molecule has 0 radical (unpaired) electrons. The van der Waals surface area contributed by atoms with Gasteiger partial charge in [-0.05, 0) is 30.2 Å². The highest BCUT2D eigenvalue weighted by molar-refractivity contribution is 6.30. The first-order chi connectivity index (χ1) is 10.4. The van der Waals surface area contributed by atoms with E-state index < -0.39 is 11.9 Å². The van der Waals surface area contributed by atoms with Crippen molar-refractivity contribution in [3.05, 3.63) is 52.5 Å². The van der Waals surface area contributed by atoms with Crippen molar-refractivity contribution in [1.82, 2.24) is 0 Å². The second-order valence-corrected chi connectivity index (χ2v) is 5.31. The van der Waals surface area contributed by atoms with Crippen LogP contribution in [0.3, 0.4) is 0 Å². The molecular weight excluding hydrogens is 306 g/mol. The molecular formula is C16H16ClNO4. The van der Waals surface area contributed by atoms with Crippen molar-refractivity contribution in [2.75, 3.05) is 12.8 Å². The number of phenols is 1. The van der Waals surface area contributed by atoms with E-state index in [2.05, 4.69) is 0 Å². The van der Waals surface area contributed by atoms with Crippen molar-refractivity contribution in [3.8, 4) is 11.5 Å². The van der Waals surface area contributed by atoms with Gasteiger partial charge >= 0.3 is 5.97 Å². The van der Waals surface area contributed by atoms with Gasteiger partial charge in [-0.15, -0.1) is 0 Å². The van der Waals surface area contributed by atoms with Crippen LogP contribution in [0.5, 0.6) is 11.5 Å². The minimum atomic E-state index is -0.997. The number of nitrogens with two attached hydrogens (primary N) is 1. The summed E-state index contributed by atoms with van der Waals surface area (Å²) in [5.41, 5.74) is 7.18. The van der Waals surface area contributed by atoms with Crippen molar-refractivity contribution >= 4 is 23.3 Å². The summed E-state index contributed by atoms with van der Waals surface area (Å²) in [7, 11) is 1.41. The number of aromatic hydroxyl groups is 1. The molecule has 0 aromatic heterocycles. The first-order valence-electron chi connectivity index (χ1n) is 6.56. The number of anilines is 1. The number of benzene rings is 2. The van der Waals surface area contributed by atoms with Crippen LogP contribution in [0.1, 0.15) is 17.0 Å². The number of hydrogen-bond donors (Lipinski definition) is 3. The molecule has 1 unspecified atom stereocenters. The number of nitrogen functional groups attached to an aromatic ring is 1. The fourth-order valence-corrected chi connectivity index (χ4v) is 2.47. The number of methoxy groups -OCH3 is 1. The van der Waals surface area contributed by atoms with Crippen LogP contribution >= 0.6 is 11.6 Å². The molecule has 4 N–H and O–H groups in total. The number of carboxylic acids is 1. The summed E-state index contributed by atoms with van der Waals surface area (Å²) in [6.07, 6.45) is 0.0853. The van der Waals surface area contributed by atoms with Gasteiger partial charge in [-0.3, -0.25) is 4.79 Å². The van der Waals surface area contributed by atoms with E-state index >= 15 is 0 Å². The zero-order valence-electron chi connectivity index (χ0n) is 11.9. The summed E-state index contributed by atoms with van der Waals surface area (Å²) < 4.78 is 5.03. The molecule has 1 atom stereocenters. The number of aliphatic carboxylic acids is 1. The van der Waals surface area contributed by atoms with E-state index in [1.807, 2.05) is 0 Å². The summed E-state index contributed by atoms with van der Waals surface area (Å²) in [4.78, 5) is 11.6. The van der Waals surface area contributed by atoms with Crippen molar-refractivity contribution in [3.63, 3.8) is 0 Å². The molecule has 0 aliphatic rings. The zero-order valence-corrected chi connectivity index (χ0v) is 12.7. The van der Waals surface area contributed by atoms with E-state index in [9.17, 15) is 15.0 Å². The van der Waals surface area contributed by atoms with Gasteiger partial charge < -0.3 is 20.7 Å². The Kier molecular flexibility index (Phi) is 4.78. The van der Waals surface area contributed by atoms with Gasteiger partial charge in [0.2, 0.25) is 0 Å². The second kappa shape index (κ2) is 6.58. The lowest BCUT2D eigenvalue weighted by Gasteiger charge is -2.16. The summed E-state index contributed by atoms with van der Waals surface area (Å²) in [5.74, 6) is -1.71. The van der Waals surface area contributed by atoms with Crippen LogP contribution in [-0.2, 0) is 11.2 Å². The first-order valence-corrected chi connectivity index (χ1v) is 6.93. The van der Waals surface area contributed by atoms with E-state index in [1.165, 1.54) is 19.2 Å². The highest BCUT2D eigenvalue weighted by Crippen LogP contribution is 2.36. The Morgan fingerprint density at radius 2 is 1.95 bits per heavy atom. The standard InChI is InChI=1S/C16H16ClNO4/c1-22-14-8-11(17)6-10(15(14)19)7-13(16(20)21)9-2-4-12(18)5-3-9/h2-6,8,13,19H,7,18H2,1H3,(H,20,21). The Balaban J connectivity index is 2.39. The maximum atomic E-state index is 11.6. The van der Waals surface area contributed by atoms with Crippen molar-refractivity contribution in [2.45, 2.75) is 12.3 Å². The molecule has 5 nitrogen and oxygen atoms in total. The molecule has 0 amide bonds. The smallest absolute Gasteiger partial charge is 0.311 e. The molecule has 0 heterocycles. The van der Waals surface area contributed by atoms with Gasteiger partial charge in [-0.2, -0.15) is 0 Å². The fraction of sp³-hybridized carbons (Fsp3) is 0.188. The highest BCUT2D eigenvalue weighted by atomic mass is 35.5. The summed E-state index contributed by atoms with van der Waals surface area (Å²) in [6.45, 7) is 0. The molecule has 116 valence electrons. The van der Waals surface area contributed by atoms with Crippen molar-refractivity contribution in [1.29, 1.82) is 0 Å². The molecule has 2 aromatic carbocycles. The Bertz CT molecular complexity index is 685. The van der Waals surface area contributed by atoms with E-state index in [1.54, 1.807) is 24.3 Å². The number of halogens is 1. The Morgan fingerprint density at radius 1 is 1.32 bits per heavy atom. The third kappa shape index (κ3) is 3.43. The predicted octanol–water partition coefficient (Wildman–Crippen LogP) is 3.05. The number of hydrogen-bond acceptors (Lipinski definition) is 4. The lowest BCUT2D eigenvalue weighted by Crippen LogP contribution is -2.14. The average Bonchev–Trinajstić information content (AvgIpc) is 2.48. The van der Waals surface area contributed by atoms with Gasteiger partial charge in [0.1, 0.15) is 0 Å². The van der Waals surface area contributed by atoms with Crippen LogP contribution in [0.4, 0.5) is 5.69 Å². The minimum Gasteiger partial charge on any atom is -0.504 e. The van der Waals surface area contributed by atoms with E-state index in [4.69, 9.17) is 22.1 Å². The molecule has 2 rings (SSSR count). The van der Waals surface area contributed by atoms with Gasteiger partial charge in [0.05, 0.1) is 13.0 Å². The second-order valence-electron chi connectivity index (χ2n) is 4.88. The minimum absolute atomic E-state index is 0.0853. The van der Waals surface area contributed by atoms with E-state index in [0.717, 1.165) is 0 Å². The van der Waals surface area contributed by atoms with Gasteiger partial charge in [0.25, 0.3) is 0 Å². The number of carboxylic acid groups (broad SMARTS) is 1. The Labute approximate surface area is 132 Å². The fourth-order valence-electron chi connectivity index (χ4n) is 2.24. The lowest BCUT2D eigenvalue weighted by molar-refractivity contribution is -0.138. The van der Waals surface area contributed by atoms with E-state index in [0.29, 0.717) is 21.8 Å². The first kappa shape index (κ1) is 16.0. The van der Waals surface area contributed by atoms with E-state index in [-0.39, 0.29) is 17.9 Å². The molecule has 2 aromatic rings. The SMILES string of the molecule is COc1cc(Cl)cc(CC(C(=O)O)c2ccc(N)cc2)c1O. The van der Waals surface area contributed by atoms with Gasteiger partial charge in [0.15, 0.2) is 11.5 Å². The molecule has 0 spiro atoms. The quantitative estimate of drug-likeness (QED) is 0.736. The number of ether oxygens (including phenoxy) is 1.